The van der Waals surface area contributed by atoms with Crippen LogP contribution in [0.25, 0.3) is 0 Å². The van der Waals surface area contributed by atoms with Gasteiger partial charge in [0.2, 0.25) is 5.91 Å². The number of carbonyl (C=O) groups excluding carboxylic acids is 1. The van der Waals surface area contributed by atoms with E-state index in [2.05, 4.69) is 5.32 Å². The summed E-state index contributed by atoms with van der Waals surface area (Å²) in [6.07, 6.45) is 2.08. The summed E-state index contributed by atoms with van der Waals surface area (Å²) in [5.41, 5.74) is 0.916. The maximum absolute atomic E-state index is 12.5. The third-order valence-electron chi connectivity index (χ3n) is 3.64. The Morgan fingerprint density at radius 3 is 3.11 bits per heavy atom. The smallest absolute Gasteiger partial charge is 0.231 e. The molecule has 1 aromatic rings. The minimum absolute atomic E-state index is 0.116. The van der Waals surface area contributed by atoms with Crippen molar-refractivity contribution >= 4 is 11.6 Å². The van der Waals surface area contributed by atoms with E-state index in [1.54, 1.807) is 0 Å². The summed E-state index contributed by atoms with van der Waals surface area (Å²) in [5.74, 6) is 1.17. The van der Waals surface area contributed by atoms with Crippen molar-refractivity contribution in [1.29, 1.82) is 0 Å². The molecular formula is C14H18N2O2. The molecule has 1 fully saturated rings. The van der Waals surface area contributed by atoms with E-state index in [4.69, 9.17) is 4.74 Å². The number of nitrogens with zero attached hydrogens (tertiary/aromatic N) is 1. The summed E-state index contributed by atoms with van der Waals surface area (Å²) < 4.78 is 5.58. The highest BCUT2D eigenvalue weighted by Gasteiger charge is 2.29. The van der Waals surface area contributed by atoms with Crippen molar-refractivity contribution in [1.82, 2.24) is 5.32 Å². The molecule has 4 nitrogen and oxygen atoms in total. The highest BCUT2D eigenvalue weighted by Crippen LogP contribution is 2.32. The SMILES string of the molecule is O=C([C@H]1CCCNC1)N1CCOc2ccccc21. The molecule has 0 bridgehead atoms. The number of rotatable bonds is 1. The molecule has 1 atom stereocenters. The minimum Gasteiger partial charge on any atom is -0.490 e. The predicted octanol–water partition coefficient (Wildman–Crippen LogP) is 1.41. The van der Waals surface area contributed by atoms with Gasteiger partial charge in [-0.3, -0.25) is 4.79 Å². The fraction of sp³-hybridized carbons (Fsp3) is 0.500. The topological polar surface area (TPSA) is 41.6 Å². The molecule has 1 N–H and O–H groups in total. The Morgan fingerprint density at radius 2 is 2.28 bits per heavy atom. The number of piperidine rings is 1. The van der Waals surface area contributed by atoms with E-state index >= 15 is 0 Å². The third kappa shape index (κ3) is 2.08. The lowest BCUT2D eigenvalue weighted by Crippen LogP contribution is -2.46. The van der Waals surface area contributed by atoms with E-state index in [1.807, 2.05) is 29.2 Å². The predicted molar refractivity (Wildman–Crippen MR) is 69.9 cm³/mol. The molecule has 18 heavy (non-hydrogen) atoms. The molecule has 4 heteroatoms. The number of hydrogen-bond donors (Lipinski definition) is 1. The van der Waals surface area contributed by atoms with Crippen LogP contribution in [0.5, 0.6) is 5.75 Å². The lowest BCUT2D eigenvalue weighted by Gasteiger charge is -2.33. The van der Waals surface area contributed by atoms with Crippen LogP contribution in [0.4, 0.5) is 5.69 Å². The average molecular weight is 246 g/mol. The normalized spacial score (nSPS) is 23.1. The second-order valence-electron chi connectivity index (χ2n) is 4.85. The molecule has 0 aromatic heterocycles. The van der Waals surface area contributed by atoms with Crippen molar-refractivity contribution in [2.75, 3.05) is 31.1 Å². The first-order valence-electron chi connectivity index (χ1n) is 6.60. The van der Waals surface area contributed by atoms with E-state index in [0.29, 0.717) is 13.2 Å². The Labute approximate surface area is 107 Å². The van der Waals surface area contributed by atoms with Gasteiger partial charge in [0.05, 0.1) is 18.2 Å². The molecule has 2 aliphatic rings. The van der Waals surface area contributed by atoms with E-state index in [0.717, 1.165) is 37.4 Å². The van der Waals surface area contributed by atoms with Gasteiger partial charge in [-0.05, 0) is 31.5 Å². The van der Waals surface area contributed by atoms with Gasteiger partial charge in [-0.25, -0.2) is 0 Å². The molecule has 0 unspecified atom stereocenters. The quantitative estimate of drug-likeness (QED) is 0.814. The number of fused-ring (bicyclic) bond motifs is 1. The van der Waals surface area contributed by atoms with E-state index < -0.39 is 0 Å². The van der Waals surface area contributed by atoms with Crippen molar-refractivity contribution in [3.05, 3.63) is 24.3 Å². The molecule has 1 amide bonds. The molecule has 0 aliphatic carbocycles. The first kappa shape index (κ1) is 11.5. The second kappa shape index (κ2) is 4.98. The van der Waals surface area contributed by atoms with Gasteiger partial charge < -0.3 is 15.0 Å². The number of carbonyl (C=O) groups is 1. The Bertz CT molecular complexity index is 441. The second-order valence-corrected chi connectivity index (χ2v) is 4.85. The first-order chi connectivity index (χ1) is 8.86. The van der Waals surface area contributed by atoms with Gasteiger partial charge in [0.25, 0.3) is 0 Å². The lowest BCUT2D eigenvalue weighted by atomic mass is 9.97. The average Bonchev–Trinajstić information content (AvgIpc) is 2.47. The van der Waals surface area contributed by atoms with Crippen molar-refractivity contribution in [3.8, 4) is 5.75 Å². The number of nitrogens with one attached hydrogen (secondary N) is 1. The molecule has 0 spiro atoms. The zero-order valence-corrected chi connectivity index (χ0v) is 10.4. The van der Waals surface area contributed by atoms with Gasteiger partial charge in [0, 0.05) is 6.54 Å². The van der Waals surface area contributed by atoms with Gasteiger partial charge in [-0.1, -0.05) is 12.1 Å². The van der Waals surface area contributed by atoms with Crippen molar-refractivity contribution in [2.45, 2.75) is 12.8 Å². The van der Waals surface area contributed by atoms with Crippen molar-refractivity contribution in [3.63, 3.8) is 0 Å². The molecule has 1 saturated heterocycles. The lowest BCUT2D eigenvalue weighted by molar-refractivity contribution is -0.123. The van der Waals surface area contributed by atoms with Crippen LogP contribution >= 0.6 is 0 Å². The van der Waals surface area contributed by atoms with E-state index in [1.165, 1.54) is 0 Å². The van der Waals surface area contributed by atoms with Crippen molar-refractivity contribution in [2.24, 2.45) is 5.92 Å². The summed E-state index contributed by atoms with van der Waals surface area (Å²) in [4.78, 5) is 14.4. The van der Waals surface area contributed by atoms with Crippen LogP contribution in [0, 0.1) is 5.92 Å². The number of anilines is 1. The molecule has 96 valence electrons. The monoisotopic (exact) mass is 246 g/mol. The molecule has 0 saturated carbocycles. The Balaban J connectivity index is 1.82. The Morgan fingerprint density at radius 1 is 1.39 bits per heavy atom. The Hall–Kier alpha value is -1.55. The first-order valence-corrected chi connectivity index (χ1v) is 6.60. The summed E-state index contributed by atoms with van der Waals surface area (Å²) in [7, 11) is 0. The maximum Gasteiger partial charge on any atom is 0.231 e. The van der Waals surface area contributed by atoms with Crippen LogP contribution in [-0.4, -0.2) is 32.1 Å². The van der Waals surface area contributed by atoms with Crippen LogP contribution < -0.4 is 15.0 Å². The summed E-state index contributed by atoms with van der Waals surface area (Å²) in [5, 5.41) is 3.30. The van der Waals surface area contributed by atoms with Gasteiger partial charge in [-0.15, -0.1) is 0 Å². The summed E-state index contributed by atoms with van der Waals surface area (Å²) in [6.45, 7) is 3.08. The molecule has 2 aliphatic heterocycles. The van der Waals surface area contributed by atoms with Gasteiger partial charge in [0.15, 0.2) is 0 Å². The zero-order valence-electron chi connectivity index (χ0n) is 10.4. The van der Waals surface area contributed by atoms with Crippen LogP contribution in [-0.2, 0) is 4.79 Å². The fourth-order valence-corrected chi connectivity index (χ4v) is 2.68. The maximum atomic E-state index is 12.5. The minimum atomic E-state index is 0.116. The number of amides is 1. The van der Waals surface area contributed by atoms with Crippen LogP contribution in [0.1, 0.15) is 12.8 Å². The number of hydrogen-bond acceptors (Lipinski definition) is 3. The van der Waals surface area contributed by atoms with Gasteiger partial charge in [-0.2, -0.15) is 0 Å². The van der Waals surface area contributed by atoms with Crippen molar-refractivity contribution < 1.29 is 9.53 Å². The molecule has 3 rings (SSSR count). The standard InChI is InChI=1S/C14H18N2O2/c17-14(11-4-3-7-15-10-11)16-8-9-18-13-6-2-1-5-12(13)16/h1-2,5-6,11,15H,3-4,7-10H2/t11-/m0/s1. The third-order valence-corrected chi connectivity index (χ3v) is 3.64. The van der Waals surface area contributed by atoms with E-state index in [-0.39, 0.29) is 11.8 Å². The van der Waals surface area contributed by atoms with Crippen LogP contribution in [0.15, 0.2) is 24.3 Å². The van der Waals surface area contributed by atoms with Crippen LogP contribution in [0.3, 0.4) is 0 Å². The van der Waals surface area contributed by atoms with Gasteiger partial charge >= 0.3 is 0 Å². The van der Waals surface area contributed by atoms with Gasteiger partial charge in [0.1, 0.15) is 12.4 Å². The number of benzene rings is 1. The highest BCUT2D eigenvalue weighted by molar-refractivity contribution is 5.97. The highest BCUT2D eigenvalue weighted by atomic mass is 16.5. The Kier molecular flexibility index (Phi) is 3.19. The fourth-order valence-electron chi connectivity index (χ4n) is 2.68. The van der Waals surface area contributed by atoms with E-state index in [9.17, 15) is 4.79 Å². The number of ether oxygens (including phenoxy) is 1. The molecule has 0 radical (unpaired) electrons. The summed E-state index contributed by atoms with van der Waals surface area (Å²) in [6, 6.07) is 7.78. The molecular weight excluding hydrogens is 228 g/mol. The zero-order chi connectivity index (χ0) is 12.4. The molecule has 2 heterocycles. The largest absolute Gasteiger partial charge is 0.490 e. The number of para-hydroxylation sites is 2. The molecule has 1 aromatic carbocycles. The van der Waals surface area contributed by atoms with Crippen LogP contribution in [0.2, 0.25) is 0 Å². The summed E-state index contributed by atoms with van der Waals surface area (Å²) >= 11 is 0.